The summed E-state index contributed by atoms with van der Waals surface area (Å²) in [5.41, 5.74) is -0.172. The zero-order valence-corrected chi connectivity index (χ0v) is 11.9. The average molecular weight is 333 g/mol. The van der Waals surface area contributed by atoms with Gasteiger partial charge in [-0.1, -0.05) is 23.2 Å². The van der Waals surface area contributed by atoms with Crippen molar-refractivity contribution < 1.29 is 23.4 Å². The number of hydrogen-bond donors (Lipinski definition) is 1. The first-order valence-electron chi connectivity index (χ1n) is 5.67. The van der Waals surface area contributed by atoms with E-state index in [2.05, 4.69) is 0 Å². The van der Waals surface area contributed by atoms with Gasteiger partial charge < -0.3 is 9.84 Å². The predicted octanol–water partition coefficient (Wildman–Crippen LogP) is 4.55. The van der Waals surface area contributed by atoms with E-state index in [1.165, 1.54) is 18.2 Å². The van der Waals surface area contributed by atoms with Crippen molar-refractivity contribution in [1.82, 2.24) is 0 Å². The Labute approximate surface area is 128 Å². The summed E-state index contributed by atoms with van der Waals surface area (Å²) in [6.45, 7) is -0.298. The first-order chi connectivity index (χ1) is 9.88. The van der Waals surface area contributed by atoms with Gasteiger partial charge in [0.05, 0.1) is 5.02 Å². The van der Waals surface area contributed by atoms with Crippen LogP contribution in [-0.2, 0) is 6.61 Å². The third-order valence-electron chi connectivity index (χ3n) is 2.63. The number of carboxylic acids is 1. The molecule has 0 bridgehead atoms. The van der Waals surface area contributed by atoms with E-state index in [-0.39, 0.29) is 33.5 Å². The number of carbonyl (C=O) groups is 1. The second kappa shape index (κ2) is 6.28. The summed E-state index contributed by atoms with van der Waals surface area (Å²) in [5, 5.41) is 9.21. The summed E-state index contributed by atoms with van der Waals surface area (Å²) in [4.78, 5) is 11.1. The van der Waals surface area contributed by atoms with Crippen molar-refractivity contribution in [2.75, 3.05) is 0 Å². The van der Waals surface area contributed by atoms with E-state index in [0.717, 1.165) is 6.07 Å². The van der Waals surface area contributed by atoms with Crippen LogP contribution in [0.15, 0.2) is 30.3 Å². The largest absolute Gasteiger partial charge is 0.486 e. The molecule has 2 aromatic rings. The molecule has 0 unspecified atom stereocenters. The fourth-order valence-electron chi connectivity index (χ4n) is 1.65. The van der Waals surface area contributed by atoms with Gasteiger partial charge in [0.15, 0.2) is 5.75 Å². The summed E-state index contributed by atoms with van der Waals surface area (Å²) in [7, 11) is 0. The SMILES string of the molecule is O=C(O)c1cc(Cl)cc(Cl)c1OCc1ccc(F)cc1F. The molecule has 0 aliphatic heterocycles. The highest BCUT2D eigenvalue weighted by Gasteiger charge is 2.17. The molecule has 0 saturated heterocycles. The van der Waals surface area contributed by atoms with E-state index in [1.807, 2.05) is 0 Å². The number of halogens is 4. The lowest BCUT2D eigenvalue weighted by Crippen LogP contribution is -2.05. The highest BCUT2D eigenvalue weighted by Crippen LogP contribution is 2.33. The van der Waals surface area contributed by atoms with Gasteiger partial charge in [-0.3, -0.25) is 0 Å². The van der Waals surface area contributed by atoms with Crippen LogP contribution < -0.4 is 4.74 Å². The van der Waals surface area contributed by atoms with E-state index in [9.17, 15) is 13.6 Å². The zero-order valence-electron chi connectivity index (χ0n) is 10.4. The lowest BCUT2D eigenvalue weighted by Gasteiger charge is -2.12. The second-order valence-electron chi connectivity index (χ2n) is 4.09. The van der Waals surface area contributed by atoms with Crippen molar-refractivity contribution >= 4 is 29.2 Å². The minimum Gasteiger partial charge on any atom is -0.486 e. The Morgan fingerprint density at radius 2 is 1.90 bits per heavy atom. The first kappa shape index (κ1) is 15.5. The lowest BCUT2D eigenvalue weighted by atomic mass is 10.2. The normalized spacial score (nSPS) is 10.5. The van der Waals surface area contributed by atoms with E-state index in [1.54, 1.807) is 0 Å². The lowest BCUT2D eigenvalue weighted by molar-refractivity contribution is 0.0691. The maximum Gasteiger partial charge on any atom is 0.339 e. The minimum absolute atomic E-state index is 0.0116. The molecule has 1 N–H and O–H groups in total. The highest BCUT2D eigenvalue weighted by molar-refractivity contribution is 6.36. The molecule has 0 aromatic heterocycles. The van der Waals surface area contributed by atoms with Crippen LogP contribution in [0.5, 0.6) is 5.75 Å². The van der Waals surface area contributed by atoms with Crippen LogP contribution in [0, 0.1) is 11.6 Å². The fraction of sp³-hybridized carbons (Fsp3) is 0.0714. The van der Waals surface area contributed by atoms with Crippen LogP contribution in [0.25, 0.3) is 0 Å². The molecule has 0 radical (unpaired) electrons. The smallest absolute Gasteiger partial charge is 0.339 e. The van der Waals surface area contributed by atoms with Gasteiger partial charge in [-0.2, -0.15) is 0 Å². The van der Waals surface area contributed by atoms with E-state index in [4.69, 9.17) is 33.0 Å². The Balaban J connectivity index is 2.29. The fourth-order valence-corrected chi connectivity index (χ4v) is 2.20. The Bertz CT molecular complexity index is 705. The van der Waals surface area contributed by atoms with Crippen molar-refractivity contribution in [3.63, 3.8) is 0 Å². The molecular weight excluding hydrogens is 325 g/mol. The third kappa shape index (κ3) is 3.62. The first-order valence-corrected chi connectivity index (χ1v) is 6.43. The second-order valence-corrected chi connectivity index (χ2v) is 4.94. The number of carboxylic acid groups (broad SMARTS) is 1. The van der Waals surface area contributed by atoms with Crippen molar-refractivity contribution in [3.05, 3.63) is 63.1 Å². The Hall–Kier alpha value is -1.85. The van der Waals surface area contributed by atoms with Crippen LogP contribution in [0.3, 0.4) is 0 Å². The van der Waals surface area contributed by atoms with E-state index in [0.29, 0.717) is 6.07 Å². The van der Waals surface area contributed by atoms with Crippen LogP contribution in [0.2, 0.25) is 10.0 Å². The molecule has 0 atom stereocenters. The molecule has 21 heavy (non-hydrogen) atoms. The van der Waals surface area contributed by atoms with Gasteiger partial charge in [-0.25, -0.2) is 13.6 Å². The topological polar surface area (TPSA) is 46.5 Å². The summed E-state index contributed by atoms with van der Waals surface area (Å²) >= 11 is 11.6. The number of hydrogen-bond acceptors (Lipinski definition) is 2. The molecule has 0 heterocycles. The van der Waals surface area contributed by atoms with Gasteiger partial charge in [-0.15, -0.1) is 0 Å². The molecular formula is C14H8Cl2F2O3. The quantitative estimate of drug-likeness (QED) is 0.893. The van der Waals surface area contributed by atoms with Gasteiger partial charge in [0.25, 0.3) is 0 Å². The highest BCUT2D eigenvalue weighted by atomic mass is 35.5. The third-order valence-corrected chi connectivity index (χ3v) is 3.12. The van der Waals surface area contributed by atoms with Crippen LogP contribution in [0.4, 0.5) is 8.78 Å². The van der Waals surface area contributed by atoms with E-state index >= 15 is 0 Å². The minimum atomic E-state index is -1.28. The number of aromatic carboxylic acids is 1. The predicted molar refractivity (Wildman–Crippen MR) is 74.1 cm³/mol. The van der Waals surface area contributed by atoms with E-state index < -0.39 is 17.6 Å². The molecule has 2 rings (SSSR count). The monoisotopic (exact) mass is 332 g/mol. The van der Waals surface area contributed by atoms with Gasteiger partial charge in [-0.05, 0) is 24.3 Å². The summed E-state index contributed by atoms with van der Waals surface area (Å²) in [5.74, 6) is -2.92. The van der Waals surface area contributed by atoms with Crippen molar-refractivity contribution in [2.24, 2.45) is 0 Å². The maximum atomic E-state index is 13.5. The van der Waals surface area contributed by atoms with Gasteiger partial charge in [0.2, 0.25) is 0 Å². The molecule has 0 fully saturated rings. The molecule has 0 aliphatic rings. The average Bonchev–Trinajstić information content (AvgIpc) is 2.38. The molecule has 0 spiro atoms. The Kier molecular flexibility index (Phi) is 4.65. The summed E-state index contributed by atoms with van der Waals surface area (Å²) in [6.07, 6.45) is 0. The van der Waals surface area contributed by atoms with Gasteiger partial charge in [0, 0.05) is 16.7 Å². The Morgan fingerprint density at radius 3 is 2.52 bits per heavy atom. The zero-order chi connectivity index (χ0) is 15.6. The van der Waals surface area contributed by atoms with Crippen molar-refractivity contribution in [3.8, 4) is 5.75 Å². The molecule has 7 heteroatoms. The molecule has 3 nitrogen and oxygen atoms in total. The molecule has 0 aliphatic carbocycles. The Morgan fingerprint density at radius 1 is 1.19 bits per heavy atom. The number of ether oxygens (including phenoxy) is 1. The molecule has 2 aromatic carbocycles. The molecule has 0 amide bonds. The van der Waals surface area contributed by atoms with Gasteiger partial charge >= 0.3 is 5.97 Å². The van der Waals surface area contributed by atoms with Crippen LogP contribution in [-0.4, -0.2) is 11.1 Å². The van der Waals surface area contributed by atoms with Crippen LogP contribution >= 0.6 is 23.2 Å². The van der Waals surface area contributed by atoms with Crippen LogP contribution in [0.1, 0.15) is 15.9 Å². The van der Waals surface area contributed by atoms with Crippen molar-refractivity contribution in [1.29, 1.82) is 0 Å². The molecule has 0 saturated carbocycles. The summed E-state index contributed by atoms with van der Waals surface area (Å²) < 4.78 is 31.5. The standard InChI is InChI=1S/C14H8Cl2F2O3/c15-8-3-10(14(19)20)13(11(16)4-8)21-6-7-1-2-9(17)5-12(7)18/h1-5H,6H2,(H,19,20). The number of rotatable bonds is 4. The van der Waals surface area contributed by atoms with Crippen molar-refractivity contribution in [2.45, 2.75) is 6.61 Å². The molecule has 110 valence electrons. The summed E-state index contributed by atoms with van der Waals surface area (Å²) in [6, 6.07) is 5.47. The van der Waals surface area contributed by atoms with Gasteiger partial charge in [0.1, 0.15) is 23.8 Å². The maximum absolute atomic E-state index is 13.5. The number of benzene rings is 2.